The van der Waals surface area contributed by atoms with E-state index in [1.165, 1.54) is 4.31 Å². The summed E-state index contributed by atoms with van der Waals surface area (Å²) in [5, 5.41) is 9.79. The summed E-state index contributed by atoms with van der Waals surface area (Å²) in [7, 11) is -3.19. The van der Waals surface area contributed by atoms with Crippen molar-refractivity contribution in [2.75, 3.05) is 31.9 Å². The highest BCUT2D eigenvalue weighted by Gasteiger charge is 2.43. The number of piperidine rings is 1. The fourth-order valence-electron chi connectivity index (χ4n) is 3.84. The molecule has 2 saturated heterocycles. The minimum Gasteiger partial charge on any atom is -0.481 e. The molecule has 2 heterocycles. The molecule has 0 radical (unpaired) electrons. The van der Waals surface area contributed by atoms with Crippen LogP contribution in [0.4, 0.5) is 0 Å². The number of hydrogen-bond donors (Lipinski definition) is 1. The van der Waals surface area contributed by atoms with Crippen LogP contribution >= 0.6 is 0 Å². The fourth-order valence-corrected chi connectivity index (χ4v) is 5.37. The molecule has 0 atom stereocenters. The molecule has 1 aromatic rings. The Morgan fingerprint density at radius 2 is 1.73 bits per heavy atom. The highest BCUT2D eigenvalue weighted by molar-refractivity contribution is 7.89. The summed E-state index contributed by atoms with van der Waals surface area (Å²) >= 11 is 0. The third kappa shape index (κ3) is 3.61. The van der Waals surface area contributed by atoms with Gasteiger partial charge in [0.25, 0.3) is 0 Å². The number of carboxylic acid groups (broad SMARTS) is 1. The first-order valence-electron chi connectivity index (χ1n) is 8.90. The number of nitrogens with zero attached hydrogens (tertiary/aromatic N) is 2. The van der Waals surface area contributed by atoms with E-state index in [4.69, 9.17) is 0 Å². The van der Waals surface area contributed by atoms with E-state index in [0.717, 1.165) is 5.56 Å². The van der Waals surface area contributed by atoms with Crippen molar-refractivity contribution < 1.29 is 23.1 Å². The van der Waals surface area contributed by atoms with Gasteiger partial charge in [-0.15, -0.1) is 0 Å². The third-order valence-electron chi connectivity index (χ3n) is 5.48. The van der Waals surface area contributed by atoms with Gasteiger partial charge in [0.15, 0.2) is 0 Å². The number of rotatable bonds is 5. The Balaban J connectivity index is 1.60. The Kier molecular flexibility index (Phi) is 5.34. The molecule has 3 rings (SSSR count). The predicted octanol–water partition coefficient (Wildman–Crippen LogP) is 1.06. The van der Waals surface area contributed by atoms with Crippen LogP contribution in [0.25, 0.3) is 0 Å². The van der Waals surface area contributed by atoms with Crippen molar-refractivity contribution in [1.82, 2.24) is 9.21 Å². The summed E-state index contributed by atoms with van der Waals surface area (Å²) in [6, 6.07) is 9.15. The van der Waals surface area contributed by atoms with E-state index in [1.807, 2.05) is 30.3 Å². The number of benzene rings is 1. The number of amides is 1. The number of hydrogen-bond acceptors (Lipinski definition) is 4. The second kappa shape index (κ2) is 7.36. The van der Waals surface area contributed by atoms with Crippen molar-refractivity contribution >= 4 is 21.9 Å². The number of carbonyl (C=O) groups excluding carboxylic acids is 1. The number of carboxylic acids is 1. The van der Waals surface area contributed by atoms with Crippen molar-refractivity contribution in [2.24, 2.45) is 0 Å². The standard InChI is InChI=1S/C18H24N2O5S/c21-16(7-11-20-10-4-14-26(20,24)25)19-12-8-18(9-13-19,17(22)23)15-5-2-1-3-6-15/h1-3,5-6H,4,7-14H2,(H,22,23). The van der Waals surface area contributed by atoms with Gasteiger partial charge in [-0.25, -0.2) is 12.7 Å². The fraction of sp³-hybridized carbons (Fsp3) is 0.556. The van der Waals surface area contributed by atoms with E-state index in [9.17, 15) is 23.1 Å². The summed E-state index contributed by atoms with van der Waals surface area (Å²) in [6.07, 6.45) is 1.48. The largest absolute Gasteiger partial charge is 0.481 e. The number of sulfonamides is 1. The van der Waals surface area contributed by atoms with Gasteiger partial charge in [-0.3, -0.25) is 9.59 Å². The van der Waals surface area contributed by atoms with Crippen molar-refractivity contribution in [3.63, 3.8) is 0 Å². The Bertz CT molecular complexity index is 770. The van der Waals surface area contributed by atoms with Crippen LogP contribution in [0.1, 0.15) is 31.2 Å². The molecule has 0 spiro atoms. The molecule has 142 valence electrons. The lowest BCUT2D eigenvalue weighted by atomic mass is 9.73. The van der Waals surface area contributed by atoms with E-state index in [-0.39, 0.29) is 24.6 Å². The highest BCUT2D eigenvalue weighted by Crippen LogP contribution is 2.36. The van der Waals surface area contributed by atoms with Crippen molar-refractivity contribution in [2.45, 2.75) is 31.1 Å². The van der Waals surface area contributed by atoms with Gasteiger partial charge in [0.1, 0.15) is 0 Å². The molecule has 1 amide bonds. The van der Waals surface area contributed by atoms with Gasteiger partial charge in [0, 0.05) is 32.6 Å². The predicted molar refractivity (Wildman–Crippen MR) is 96.2 cm³/mol. The van der Waals surface area contributed by atoms with Gasteiger partial charge in [0.2, 0.25) is 15.9 Å². The minimum absolute atomic E-state index is 0.112. The molecule has 0 aromatic heterocycles. The first-order chi connectivity index (χ1) is 12.3. The van der Waals surface area contributed by atoms with Crippen molar-refractivity contribution in [3.05, 3.63) is 35.9 Å². The summed E-state index contributed by atoms with van der Waals surface area (Å²) in [5.41, 5.74) is -0.196. The number of aliphatic carboxylic acids is 1. The normalized spacial score (nSPS) is 22.2. The first kappa shape index (κ1) is 18.8. The van der Waals surface area contributed by atoms with Crippen LogP contribution in [0.5, 0.6) is 0 Å². The Morgan fingerprint density at radius 3 is 2.27 bits per heavy atom. The molecule has 0 unspecified atom stereocenters. The average molecular weight is 380 g/mol. The topological polar surface area (TPSA) is 95.0 Å². The average Bonchev–Trinajstić information content (AvgIpc) is 2.98. The SMILES string of the molecule is O=C(CCN1CCCS1(=O)=O)N1CCC(C(=O)O)(c2ccccc2)CC1. The maximum absolute atomic E-state index is 12.4. The zero-order valence-corrected chi connectivity index (χ0v) is 15.5. The zero-order chi connectivity index (χ0) is 18.8. The molecule has 0 bridgehead atoms. The molecular weight excluding hydrogens is 356 g/mol. The van der Waals surface area contributed by atoms with Crippen molar-refractivity contribution in [1.29, 1.82) is 0 Å². The van der Waals surface area contributed by atoms with Crippen LogP contribution in [-0.2, 0) is 25.0 Å². The van der Waals surface area contributed by atoms with Gasteiger partial charge in [-0.1, -0.05) is 30.3 Å². The zero-order valence-electron chi connectivity index (χ0n) is 14.6. The van der Waals surface area contributed by atoms with Gasteiger partial charge in [-0.05, 0) is 24.8 Å². The van der Waals surface area contributed by atoms with Crippen LogP contribution in [0.15, 0.2) is 30.3 Å². The van der Waals surface area contributed by atoms with Crippen molar-refractivity contribution in [3.8, 4) is 0 Å². The van der Waals surface area contributed by atoms with Crippen LogP contribution in [0.2, 0.25) is 0 Å². The van der Waals surface area contributed by atoms with Crippen LogP contribution < -0.4 is 0 Å². The Morgan fingerprint density at radius 1 is 1.08 bits per heavy atom. The third-order valence-corrected chi connectivity index (χ3v) is 7.44. The molecule has 7 nitrogen and oxygen atoms in total. The van der Waals surface area contributed by atoms with Crippen LogP contribution in [-0.4, -0.2) is 66.5 Å². The second-order valence-corrected chi connectivity index (χ2v) is 9.04. The highest BCUT2D eigenvalue weighted by atomic mass is 32.2. The maximum Gasteiger partial charge on any atom is 0.314 e. The van der Waals surface area contributed by atoms with E-state index < -0.39 is 21.4 Å². The molecule has 1 aromatic carbocycles. The van der Waals surface area contributed by atoms with Gasteiger partial charge in [-0.2, -0.15) is 0 Å². The second-order valence-electron chi connectivity index (χ2n) is 6.95. The molecule has 2 aliphatic rings. The summed E-state index contributed by atoms with van der Waals surface area (Å²) < 4.78 is 25.0. The molecule has 2 fully saturated rings. The summed E-state index contributed by atoms with van der Waals surface area (Å²) in [4.78, 5) is 26.0. The lowest BCUT2D eigenvalue weighted by Crippen LogP contribution is -2.49. The van der Waals surface area contributed by atoms with E-state index in [0.29, 0.717) is 38.9 Å². The minimum atomic E-state index is -3.19. The lowest BCUT2D eigenvalue weighted by Gasteiger charge is -2.39. The number of likely N-dealkylation sites (tertiary alicyclic amines) is 1. The van der Waals surface area contributed by atoms with Gasteiger partial charge < -0.3 is 10.0 Å². The van der Waals surface area contributed by atoms with Gasteiger partial charge in [0.05, 0.1) is 11.2 Å². The monoisotopic (exact) mass is 380 g/mol. The molecule has 26 heavy (non-hydrogen) atoms. The van der Waals surface area contributed by atoms with Gasteiger partial charge >= 0.3 is 5.97 Å². The van der Waals surface area contributed by atoms with Crippen LogP contribution in [0, 0.1) is 0 Å². The molecule has 1 N–H and O–H groups in total. The lowest BCUT2D eigenvalue weighted by molar-refractivity contribution is -0.148. The molecule has 0 aliphatic carbocycles. The summed E-state index contributed by atoms with van der Waals surface area (Å²) in [5.74, 6) is -0.818. The maximum atomic E-state index is 12.4. The smallest absolute Gasteiger partial charge is 0.314 e. The van der Waals surface area contributed by atoms with Crippen LogP contribution in [0.3, 0.4) is 0 Å². The van der Waals surface area contributed by atoms with E-state index in [2.05, 4.69) is 0 Å². The Hall–Kier alpha value is -1.93. The molecule has 2 aliphatic heterocycles. The first-order valence-corrected chi connectivity index (χ1v) is 10.5. The van der Waals surface area contributed by atoms with E-state index >= 15 is 0 Å². The molecule has 8 heteroatoms. The quantitative estimate of drug-likeness (QED) is 0.824. The molecule has 0 saturated carbocycles. The van der Waals surface area contributed by atoms with E-state index in [1.54, 1.807) is 4.90 Å². The summed E-state index contributed by atoms with van der Waals surface area (Å²) in [6.45, 7) is 1.42. The Labute approximate surface area is 153 Å². The number of carbonyl (C=O) groups is 2. The molecular formula is C18H24N2O5S.